The van der Waals surface area contributed by atoms with Gasteiger partial charge in [-0.2, -0.15) is 5.10 Å². The third kappa shape index (κ3) is 2.50. The topological polar surface area (TPSA) is 110 Å². The number of carbonyl (C=O) groups excluding carboxylic acids is 1. The number of aliphatic hydroxyl groups excluding tert-OH is 1. The predicted octanol–water partition coefficient (Wildman–Crippen LogP) is 1.26. The van der Waals surface area contributed by atoms with Gasteiger partial charge in [0, 0.05) is 25.1 Å². The number of amides is 1. The molecule has 4 unspecified atom stereocenters. The molecule has 8 nitrogen and oxygen atoms in total. The SMILES string of the molecule is CCn1nc(C)c([N+](=O)[O-])c1C(=O)NC1C2CCC(C2)C1CO. The Hall–Kier alpha value is -1.96. The Balaban J connectivity index is 1.88. The van der Waals surface area contributed by atoms with E-state index in [1.54, 1.807) is 6.92 Å². The molecule has 0 aromatic carbocycles. The van der Waals surface area contributed by atoms with Gasteiger partial charge in [0.25, 0.3) is 5.91 Å². The highest BCUT2D eigenvalue weighted by Crippen LogP contribution is 2.48. The number of hydrogen-bond donors (Lipinski definition) is 2. The van der Waals surface area contributed by atoms with E-state index in [2.05, 4.69) is 10.4 Å². The van der Waals surface area contributed by atoms with Gasteiger partial charge in [0.2, 0.25) is 5.69 Å². The van der Waals surface area contributed by atoms with Crippen molar-refractivity contribution in [3.05, 3.63) is 21.5 Å². The van der Waals surface area contributed by atoms with Crippen LogP contribution in [0.4, 0.5) is 5.69 Å². The number of carbonyl (C=O) groups is 1. The molecule has 2 N–H and O–H groups in total. The molecule has 1 aromatic rings. The van der Waals surface area contributed by atoms with Crippen molar-refractivity contribution in [2.75, 3.05) is 6.61 Å². The van der Waals surface area contributed by atoms with Crippen LogP contribution < -0.4 is 5.32 Å². The summed E-state index contributed by atoms with van der Waals surface area (Å²) < 4.78 is 1.38. The monoisotopic (exact) mass is 322 g/mol. The Labute approximate surface area is 134 Å². The maximum atomic E-state index is 12.7. The van der Waals surface area contributed by atoms with Crippen LogP contribution in [0.25, 0.3) is 0 Å². The van der Waals surface area contributed by atoms with Crippen molar-refractivity contribution in [2.24, 2.45) is 17.8 Å². The Morgan fingerprint density at radius 1 is 1.48 bits per heavy atom. The van der Waals surface area contributed by atoms with Crippen LogP contribution in [0.5, 0.6) is 0 Å². The first-order chi connectivity index (χ1) is 11.0. The lowest BCUT2D eigenvalue weighted by molar-refractivity contribution is -0.385. The average molecular weight is 322 g/mol. The van der Waals surface area contributed by atoms with Crippen molar-refractivity contribution in [1.82, 2.24) is 15.1 Å². The highest BCUT2D eigenvalue weighted by Gasteiger charge is 2.48. The van der Waals surface area contributed by atoms with Crippen molar-refractivity contribution in [3.8, 4) is 0 Å². The summed E-state index contributed by atoms with van der Waals surface area (Å²) in [6.07, 6.45) is 3.15. The predicted molar refractivity (Wildman–Crippen MR) is 82.0 cm³/mol. The number of aryl methyl sites for hydroxylation is 2. The second kappa shape index (κ2) is 5.92. The number of nitrogens with one attached hydrogen (secondary N) is 1. The molecular weight excluding hydrogens is 300 g/mol. The summed E-state index contributed by atoms with van der Waals surface area (Å²) in [5, 5.41) is 28.0. The number of hydrogen-bond acceptors (Lipinski definition) is 5. The zero-order valence-corrected chi connectivity index (χ0v) is 13.4. The van der Waals surface area contributed by atoms with Crippen LogP contribution in [0.3, 0.4) is 0 Å². The molecule has 1 heterocycles. The summed E-state index contributed by atoms with van der Waals surface area (Å²) in [4.78, 5) is 23.4. The third-order valence-electron chi connectivity index (χ3n) is 5.39. The number of rotatable bonds is 5. The molecular formula is C15H22N4O4. The zero-order valence-electron chi connectivity index (χ0n) is 13.4. The van der Waals surface area contributed by atoms with Gasteiger partial charge in [-0.15, -0.1) is 0 Å². The van der Waals surface area contributed by atoms with Crippen molar-refractivity contribution in [3.63, 3.8) is 0 Å². The van der Waals surface area contributed by atoms with Gasteiger partial charge in [0.15, 0.2) is 0 Å². The molecule has 8 heteroatoms. The highest BCUT2D eigenvalue weighted by atomic mass is 16.6. The number of nitro groups is 1. The molecule has 2 bridgehead atoms. The van der Waals surface area contributed by atoms with Crippen molar-refractivity contribution < 1.29 is 14.8 Å². The second-order valence-electron chi connectivity index (χ2n) is 6.53. The highest BCUT2D eigenvalue weighted by molar-refractivity contribution is 5.97. The molecule has 0 saturated heterocycles. The van der Waals surface area contributed by atoms with E-state index in [4.69, 9.17) is 0 Å². The van der Waals surface area contributed by atoms with E-state index < -0.39 is 10.8 Å². The lowest BCUT2D eigenvalue weighted by Gasteiger charge is -2.30. The molecule has 2 saturated carbocycles. The standard InChI is InChI=1S/C15H22N4O4/c1-3-18-14(13(19(22)23)8(2)17-18)15(21)16-12-10-5-4-9(6-10)11(12)7-20/h9-12,20H,3-7H2,1-2H3,(H,16,21). The van der Waals surface area contributed by atoms with Gasteiger partial charge in [0.1, 0.15) is 5.69 Å². The minimum absolute atomic E-state index is 0.00876. The first-order valence-electron chi connectivity index (χ1n) is 8.11. The molecule has 2 aliphatic rings. The van der Waals surface area contributed by atoms with Gasteiger partial charge in [0.05, 0.1) is 4.92 Å². The minimum atomic E-state index is -0.548. The van der Waals surface area contributed by atoms with Gasteiger partial charge in [-0.25, -0.2) is 0 Å². The van der Waals surface area contributed by atoms with Gasteiger partial charge in [-0.1, -0.05) is 0 Å². The van der Waals surface area contributed by atoms with Gasteiger partial charge in [-0.3, -0.25) is 19.6 Å². The van der Waals surface area contributed by atoms with E-state index in [-0.39, 0.29) is 35.6 Å². The summed E-state index contributed by atoms with van der Waals surface area (Å²) in [6.45, 7) is 3.76. The maximum Gasteiger partial charge on any atom is 0.322 e. The molecule has 0 radical (unpaired) electrons. The number of aliphatic hydroxyl groups is 1. The van der Waals surface area contributed by atoms with Crippen molar-refractivity contribution in [2.45, 2.75) is 45.7 Å². The summed E-state index contributed by atoms with van der Waals surface area (Å²) >= 11 is 0. The third-order valence-corrected chi connectivity index (χ3v) is 5.39. The van der Waals surface area contributed by atoms with E-state index in [0.717, 1.165) is 19.3 Å². The Bertz CT molecular complexity index is 642. The van der Waals surface area contributed by atoms with Crippen LogP contribution in [-0.2, 0) is 6.54 Å². The van der Waals surface area contributed by atoms with Crippen LogP contribution in [-0.4, -0.2) is 38.4 Å². The van der Waals surface area contributed by atoms with Crippen LogP contribution >= 0.6 is 0 Å². The summed E-state index contributed by atoms with van der Waals surface area (Å²) in [5.74, 6) is 0.397. The smallest absolute Gasteiger partial charge is 0.322 e. The largest absolute Gasteiger partial charge is 0.396 e. The Morgan fingerprint density at radius 3 is 2.78 bits per heavy atom. The number of aromatic nitrogens is 2. The van der Waals surface area contributed by atoms with E-state index in [1.165, 1.54) is 11.6 Å². The lowest BCUT2D eigenvalue weighted by Crippen LogP contribution is -2.45. The summed E-state index contributed by atoms with van der Waals surface area (Å²) in [5.41, 5.74) is 0.0242. The summed E-state index contributed by atoms with van der Waals surface area (Å²) in [7, 11) is 0. The van der Waals surface area contributed by atoms with E-state index in [9.17, 15) is 20.0 Å². The van der Waals surface area contributed by atoms with E-state index >= 15 is 0 Å². The second-order valence-corrected chi connectivity index (χ2v) is 6.53. The quantitative estimate of drug-likeness (QED) is 0.626. The van der Waals surface area contributed by atoms with Gasteiger partial charge >= 0.3 is 5.69 Å². The van der Waals surface area contributed by atoms with Gasteiger partial charge in [-0.05, 0) is 44.9 Å². The number of fused-ring (bicyclic) bond motifs is 2. The molecule has 4 atom stereocenters. The fourth-order valence-electron chi connectivity index (χ4n) is 4.36. The van der Waals surface area contributed by atoms with Crippen LogP contribution in [0, 0.1) is 34.8 Å². The molecule has 2 aliphatic carbocycles. The molecule has 1 aromatic heterocycles. The van der Waals surface area contributed by atoms with Crippen molar-refractivity contribution >= 4 is 11.6 Å². The van der Waals surface area contributed by atoms with Crippen LogP contribution in [0.2, 0.25) is 0 Å². The van der Waals surface area contributed by atoms with E-state index in [0.29, 0.717) is 18.4 Å². The Kier molecular flexibility index (Phi) is 4.09. The van der Waals surface area contributed by atoms with E-state index in [1.807, 2.05) is 0 Å². The van der Waals surface area contributed by atoms with Crippen molar-refractivity contribution in [1.29, 1.82) is 0 Å². The molecule has 0 aliphatic heterocycles. The first kappa shape index (κ1) is 15.9. The summed E-state index contributed by atoms with van der Waals surface area (Å²) in [6, 6.07) is -0.105. The zero-order chi connectivity index (χ0) is 16.7. The molecule has 1 amide bonds. The average Bonchev–Trinajstić information content (AvgIpc) is 3.18. The Morgan fingerprint density at radius 2 is 2.17 bits per heavy atom. The fourth-order valence-corrected chi connectivity index (χ4v) is 4.36. The normalized spacial score (nSPS) is 29.0. The molecule has 126 valence electrons. The fraction of sp³-hybridized carbons (Fsp3) is 0.733. The molecule has 23 heavy (non-hydrogen) atoms. The molecule has 3 rings (SSSR count). The molecule has 2 fully saturated rings. The van der Waals surface area contributed by atoms with Crippen LogP contribution in [0.15, 0.2) is 0 Å². The molecule has 0 spiro atoms. The lowest BCUT2D eigenvalue weighted by atomic mass is 9.85. The van der Waals surface area contributed by atoms with Crippen LogP contribution in [0.1, 0.15) is 42.4 Å². The number of nitrogens with zero attached hydrogens (tertiary/aromatic N) is 3. The first-order valence-corrected chi connectivity index (χ1v) is 8.11. The van der Waals surface area contributed by atoms with Gasteiger partial charge < -0.3 is 10.4 Å². The maximum absolute atomic E-state index is 12.7. The minimum Gasteiger partial charge on any atom is -0.396 e.